The Bertz CT molecular complexity index is 81.7. The number of rotatable bonds is 4. The number of hydrogen-bond donors (Lipinski definition) is 2. The molecular weight excluding hydrogens is 130 g/mol. The van der Waals surface area contributed by atoms with Crippen LogP contribution < -0.4 is 0 Å². The van der Waals surface area contributed by atoms with Crippen molar-refractivity contribution in [2.45, 2.75) is 25.9 Å². The first-order valence-corrected chi connectivity index (χ1v) is 3.57. The summed E-state index contributed by atoms with van der Waals surface area (Å²) in [5.74, 6) is 0. The zero-order chi connectivity index (χ0) is 8.15. The van der Waals surface area contributed by atoms with Gasteiger partial charge in [-0.25, -0.2) is 0 Å². The Labute approximate surface area is 62.3 Å². The molecule has 0 heterocycles. The van der Waals surface area contributed by atoms with E-state index < -0.39 is 0 Å². The maximum absolute atomic E-state index is 8.74. The van der Waals surface area contributed by atoms with Crippen molar-refractivity contribution in [2.75, 3.05) is 20.3 Å². The van der Waals surface area contributed by atoms with Gasteiger partial charge in [-0.15, -0.1) is 0 Å². The van der Waals surface area contributed by atoms with Crippen molar-refractivity contribution in [1.29, 1.82) is 0 Å². The van der Waals surface area contributed by atoms with E-state index in [-0.39, 0.29) is 19.3 Å². The standard InChI is InChI=1S/C7H17NO2/c1-6(2)8(3)7(4-9)5-10/h6-7,9-10H,4-5H2,1-3H3. The third-order valence-corrected chi connectivity index (χ3v) is 1.81. The Kier molecular flexibility index (Phi) is 4.60. The molecule has 0 amide bonds. The van der Waals surface area contributed by atoms with Crippen LogP contribution in [0.2, 0.25) is 0 Å². The summed E-state index contributed by atoms with van der Waals surface area (Å²) >= 11 is 0. The number of likely N-dealkylation sites (N-methyl/N-ethyl adjacent to an activating group) is 1. The Balaban J connectivity index is 3.76. The molecule has 0 bridgehead atoms. The SMILES string of the molecule is CC(C)N(C)C(CO)CO. The highest BCUT2D eigenvalue weighted by Gasteiger charge is 2.14. The van der Waals surface area contributed by atoms with E-state index in [0.717, 1.165) is 0 Å². The molecule has 62 valence electrons. The molecule has 0 aliphatic heterocycles. The third-order valence-electron chi connectivity index (χ3n) is 1.81. The van der Waals surface area contributed by atoms with Crippen molar-refractivity contribution in [1.82, 2.24) is 4.90 Å². The summed E-state index contributed by atoms with van der Waals surface area (Å²) in [5, 5.41) is 17.5. The molecule has 0 saturated heterocycles. The van der Waals surface area contributed by atoms with Gasteiger partial charge in [-0.2, -0.15) is 0 Å². The summed E-state index contributed by atoms with van der Waals surface area (Å²) < 4.78 is 0. The molecular formula is C7H17NO2. The van der Waals surface area contributed by atoms with Crippen molar-refractivity contribution in [2.24, 2.45) is 0 Å². The normalized spacial score (nSPS) is 12.0. The molecule has 0 atom stereocenters. The fourth-order valence-corrected chi connectivity index (χ4v) is 0.737. The second kappa shape index (κ2) is 4.66. The molecule has 0 rings (SSSR count). The van der Waals surface area contributed by atoms with Gasteiger partial charge in [0.2, 0.25) is 0 Å². The number of nitrogens with zero attached hydrogens (tertiary/aromatic N) is 1. The minimum absolute atomic E-state index is 0.0190. The first-order chi connectivity index (χ1) is 4.63. The number of aliphatic hydroxyl groups is 2. The highest BCUT2D eigenvalue weighted by molar-refractivity contribution is 4.68. The molecule has 0 aromatic rings. The lowest BCUT2D eigenvalue weighted by Gasteiger charge is -2.28. The zero-order valence-electron chi connectivity index (χ0n) is 6.91. The van der Waals surface area contributed by atoms with E-state index in [1.807, 2.05) is 25.8 Å². The van der Waals surface area contributed by atoms with Gasteiger partial charge in [-0.1, -0.05) is 0 Å². The smallest absolute Gasteiger partial charge is 0.0609 e. The molecule has 0 saturated carbocycles. The lowest BCUT2D eigenvalue weighted by atomic mass is 10.2. The monoisotopic (exact) mass is 147 g/mol. The summed E-state index contributed by atoms with van der Waals surface area (Å²) in [6.45, 7) is 4.09. The van der Waals surface area contributed by atoms with Gasteiger partial charge in [-0.05, 0) is 20.9 Å². The fraction of sp³-hybridized carbons (Fsp3) is 1.00. The van der Waals surface area contributed by atoms with Crippen LogP contribution in [0.3, 0.4) is 0 Å². The number of aliphatic hydroxyl groups excluding tert-OH is 2. The van der Waals surface area contributed by atoms with Crippen molar-refractivity contribution in [3.63, 3.8) is 0 Å². The van der Waals surface area contributed by atoms with Crippen LogP contribution >= 0.6 is 0 Å². The van der Waals surface area contributed by atoms with Crippen LogP contribution in [0.15, 0.2) is 0 Å². The molecule has 0 unspecified atom stereocenters. The van der Waals surface area contributed by atoms with E-state index in [0.29, 0.717) is 6.04 Å². The Morgan fingerprint density at radius 2 is 1.60 bits per heavy atom. The van der Waals surface area contributed by atoms with Crippen molar-refractivity contribution in [3.8, 4) is 0 Å². The minimum Gasteiger partial charge on any atom is -0.395 e. The van der Waals surface area contributed by atoms with E-state index in [9.17, 15) is 0 Å². The molecule has 10 heavy (non-hydrogen) atoms. The lowest BCUT2D eigenvalue weighted by molar-refractivity contribution is 0.0732. The van der Waals surface area contributed by atoms with Crippen LogP contribution in [0.25, 0.3) is 0 Å². The molecule has 0 aliphatic rings. The summed E-state index contributed by atoms with van der Waals surface area (Å²) in [5.41, 5.74) is 0. The van der Waals surface area contributed by atoms with E-state index in [1.165, 1.54) is 0 Å². The van der Waals surface area contributed by atoms with Crippen molar-refractivity contribution >= 4 is 0 Å². The Morgan fingerprint density at radius 3 is 1.70 bits per heavy atom. The predicted molar refractivity (Wildman–Crippen MR) is 40.9 cm³/mol. The van der Waals surface area contributed by atoms with Gasteiger partial charge < -0.3 is 10.2 Å². The summed E-state index contributed by atoms with van der Waals surface area (Å²) in [4.78, 5) is 1.94. The number of hydrogen-bond acceptors (Lipinski definition) is 3. The van der Waals surface area contributed by atoms with Crippen LogP contribution in [0.4, 0.5) is 0 Å². The van der Waals surface area contributed by atoms with Gasteiger partial charge in [0.05, 0.1) is 19.3 Å². The van der Waals surface area contributed by atoms with Crippen molar-refractivity contribution < 1.29 is 10.2 Å². The maximum Gasteiger partial charge on any atom is 0.0609 e. The van der Waals surface area contributed by atoms with Crippen LogP contribution in [-0.4, -0.2) is 47.5 Å². The van der Waals surface area contributed by atoms with Crippen LogP contribution in [0.5, 0.6) is 0 Å². The van der Waals surface area contributed by atoms with Crippen LogP contribution in [0.1, 0.15) is 13.8 Å². The van der Waals surface area contributed by atoms with Gasteiger partial charge in [0.1, 0.15) is 0 Å². The van der Waals surface area contributed by atoms with E-state index >= 15 is 0 Å². The van der Waals surface area contributed by atoms with E-state index in [4.69, 9.17) is 10.2 Å². The van der Waals surface area contributed by atoms with Gasteiger partial charge >= 0.3 is 0 Å². The molecule has 3 nitrogen and oxygen atoms in total. The summed E-state index contributed by atoms with van der Waals surface area (Å²) in [7, 11) is 1.89. The summed E-state index contributed by atoms with van der Waals surface area (Å²) in [6.07, 6.45) is 0. The lowest BCUT2D eigenvalue weighted by Crippen LogP contribution is -2.41. The van der Waals surface area contributed by atoms with E-state index in [2.05, 4.69) is 0 Å². The maximum atomic E-state index is 8.74. The highest BCUT2D eigenvalue weighted by atomic mass is 16.3. The third kappa shape index (κ3) is 2.64. The Hall–Kier alpha value is -0.120. The van der Waals surface area contributed by atoms with E-state index in [1.54, 1.807) is 0 Å². The van der Waals surface area contributed by atoms with Gasteiger partial charge in [0.15, 0.2) is 0 Å². The first-order valence-electron chi connectivity index (χ1n) is 3.57. The molecule has 0 aromatic carbocycles. The van der Waals surface area contributed by atoms with Crippen molar-refractivity contribution in [3.05, 3.63) is 0 Å². The van der Waals surface area contributed by atoms with Crippen LogP contribution in [0, 0.1) is 0 Å². The predicted octanol–water partition coefficient (Wildman–Crippen LogP) is -0.320. The average molecular weight is 147 g/mol. The molecule has 0 aromatic heterocycles. The largest absolute Gasteiger partial charge is 0.395 e. The molecule has 0 aliphatic carbocycles. The topological polar surface area (TPSA) is 43.7 Å². The van der Waals surface area contributed by atoms with Gasteiger partial charge in [-0.3, -0.25) is 4.90 Å². The highest BCUT2D eigenvalue weighted by Crippen LogP contribution is 1.99. The molecule has 0 fully saturated rings. The van der Waals surface area contributed by atoms with Crippen LogP contribution in [-0.2, 0) is 0 Å². The minimum atomic E-state index is -0.111. The Morgan fingerprint density at radius 1 is 1.20 bits per heavy atom. The molecule has 3 heteroatoms. The fourth-order valence-electron chi connectivity index (χ4n) is 0.737. The second-order valence-electron chi connectivity index (χ2n) is 2.78. The first kappa shape index (κ1) is 9.88. The molecule has 0 radical (unpaired) electrons. The zero-order valence-corrected chi connectivity index (χ0v) is 6.91. The average Bonchev–Trinajstić information content (AvgIpc) is 1.90. The second-order valence-corrected chi connectivity index (χ2v) is 2.78. The van der Waals surface area contributed by atoms with Gasteiger partial charge in [0, 0.05) is 6.04 Å². The summed E-state index contributed by atoms with van der Waals surface area (Å²) in [6, 6.07) is 0.254. The van der Waals surface area contributed by atoms with Gasteiger partial charge in [0.25, 0.3) is 0 Å². The molecule has 2 N–H and O–H groups in total. The quantitative estimate of drug-likeness (QED) is 0.573. The molecule has 0 spiro atoms.